The molecule has 1 fully saturated rings. The van der Waals surface area contributed by atoms with Gasteiger partial charge in [0.05, 0.1) is 0 Å². The Morgan fingerprint density at radius 3 is 2.65 bits per heavy atom. The monoisotopic (exact) mass is 353 g/mol. The van der Waals surface area contributed by atoms with Gasteiger partial charge >= 0.3 is 0 Å². The summed E-state index contributed by atoms with van der Waals surface area (Å²) in [5.41, 5.74) is 1.68. The van der Waals surface area contributed by atoms with Crippen LogP contribution in [0, 0.1) is 6.92 Å². The van der Waals surface area contributed by atoms with Gasteiger partial charge in [-0.2, -0.15) is 0 Å². The van der Waals surface area contributed by atoms with Crippen molar-refractivity contribution in [1.82, 2.24) is 0 Å². The maximum absolute atomic E-state index is 12.2. The number of carbonyl (C=O) groups is 1. The van der Waals surface area contributed by atoms with Crippen molar-refractivity contribution in [1.29, 1.82) is 0 Å². The molecule has 1 saturated carbocycles. The van der Waals surface area contributed by atoms with Crippen molar-refractivity contribution >= 4 is 11.6 Å². The normalized spacial score (nSPS) is 17.1. The molecule has 1 N–H and O–H groups in total. The predicted octanol–water partition coefficient (Wildman–Crippen LogP) is 4.44. The van der Waals surface area contributed by atoms with E-state index in [4.69, 9.17) is 14.2 Å². The number of hydrogen-bond acceptors (Lipinski definition) is 4. The van der Waals surface area contributed by atoms with Crippen LogP contribution >= 0.6 is 0 Å². The van der Waals surface area contributed by atoms with Crippen molar-refractivity contribution in [3.05, 3.63) is 48.0 Å². The van der Waals surface area contributed by atoms with Crippen molar-refractivity contribution in [2.75, 3.05) is 11.9 Å². The molecule has 2 aromatic carbocycles. The quantitative estimate of drug-likeness (QED) is 0.883. The van der Waals surface area contributed by atoms with Crippen LogP contribution in [-0.4, -0.2) is 18.3 Å². The van der Waals surface area contributed by atoms with Gasteiger partial charge in [0.25, 0.3) is 11.7 Å². The molecule has 1 aliphatic carbocycles. The maximum atomic E-state index is 12.2. The highest BCUT2D eigenvalue weighted by Crippen LogP contribution is 2.46. The first-order valence-electron chi connectivity index (χ1n) is 9.14. The first kappa shape index (κ1) is 16.8. The van der Waals surface area contributed by atoms with Gasteiger partial charge in [0.2, 0.25) is 0 Å². The van der Waals surface area contributed by atoms with Crippen molar-refractivity contribution in [3.63, 3.8) is 0 Å². The highest BCUT2D eigenvalue weighted by atomic mass is 16.7. The molecule has 4 rings (SSSR count). The molecule has 0 bridgehead atoms. The molecular weight excluding hydrogens is 330 g/mol. The zero-order valence-corrected chi connectivity index (χ0v) is 14.9. The molecule has 1 heterocycles. The third-order valence-corrected chi connectivity index (χ3v) is 4.89. The lowest BCUT2D eigenvalue weighted by Gasteiger charge is -2.31. The Hall–Kier alpha value is -2.69. The summed E-state index contributed by atoms with van der Waals surface area (Å²) in [6.45, 7) is 1.91. The van der Waals surface area contributed by atoms with E-state index in [2.05, 4.69) is 5.32 Å². The molecule has 0 saturated heterocycles. The minimum absolute atomic E-state index is 0.0385. The summed E-state index contributed by atoms with van der Waals surface area (Å²) in [5.74, 6) is 1.45. The Morgan fingerprint density at radius 2 is 1.85 bits per heavy atom. The summed E-state index contributed by atoms with van der Waals surface area (Å²) in [4.78, 5) is 12.2. The van der Waals surface area contributed by atoms with E-state index in [1.807, 2.05) is 49.4 Å². The highest BCUT2D eigenvalue weighted by molar-refractivity contribution is 5.92. The number of amides is 1. The summed E-state index contributed by atoms with van der Waals surface area (Å²) in [7, 11) is 0. The van der Waals surface area contributed by atoms with Gasteiger partial charge in [-0.25, -0.2) is 0 Å². The van der Waals surface area contributed by atoms with Gasteiger partial charge in [-0.3, -0.25) is 4.79 Å². The molecular formula is C21H23NO4. The van der Waals surface area contributed by atoms with Crippen LogP contribution in [0.15, 0.2) is 42.5 Å². The number of ether oxygens (including phenoxy) is 3. The fourth-order valence-corrected chi connectivity index (χ4v) is 3.52. The fraction of sp³-hybridized carbons (Fsp3) is 0.381. The van der Waals surface area contributed by atoms with Crippen molar-refractivity contribution in [2.24, 2.45) is 0 Å². The van der Waals surface area contributed by atoms with Gasteiger partial charge < -0.3 is 19.5 Å². The molecule has 136 valence electrons. The molecule has 5 nitrogen and oxygen atoms in total. The van der Waals surface area contributed by atoms with Gasteiger partial charge in [0.1, 0.15) is 5.75 Å². The molecule has 5 heteroatoms. The molecule has 2 aromatic rings. The Balaban J connectivity index is 1.37. The van der Waals surface area contributed by atoms with E-state index in [1.165, 1.54) is 6.42 Å². The predicted molar refractivity (Wildman–Crippen MR) is 98.8 cm³/mol. The second-order valence-electron chi connectivity index (χ2n) is 6.94. The number of carbonyl (C=O) groups excluding carboxylic acids is 1. The number of rotatable bonds is 4. The molecule has 0 unspecified atom stereocenters. The Bertz CT molecular complexity index is 811. The summed E-state index contributed by atoms with van der Waals surface area (Å²) in [5, 5.41) is 2.85. The van der Waals surface area contributed by atoms with Crippen molar-refractivity contribution in [3.8, 4) is 17.2 Å². The smallest absolute Gasteiger partial charge is 0.262 e. The average Bonchev–Trinajstić information content (AvgIpc) is 2.98. The van der Waals surface area contributed by atoms with Crippen LogP contribution in [0.4, 0.5) is 5.69 Å². The first-order chi connectivity index (χ1) is 12.6. The minimum atomic E-state index is -0.503. The zero-order valence-electron chi connectivity index (χ0n) is 14.9. The van der Waals surface area contributed by atoms with Gasteiger partial charge in [-0.15, -0.1) is 0 Å². The first-order valence-corrected chi connectivity index (χ1v) is 9.14. The van der Waals surface area contributed by atoms with Crippen LogP contribution in [-0.2, 0) is 4.79 Å². The number of aryl methyl sites for hydroxylation is 1. The van der Waals surface area contributed by atoms with Crippen LogP contribution < -0.4 is 19.5 Å². The number of hydrogen-bond donors (Lipinski definition) is 1. The lowest BCUT2D eigenvalue weighted by Crippen LogP contribution is -2.40. The maximum Gasteiger partial charge on any atom is 0.262 e. The average molecular weight is 353 g/mol. The van der Waals surface area contributed by atoms with E-state index in [9.17, 15) is 4.79 Å². The largest absolute Gasteiger partial charge is 0.483 e. The second kappa shape index (κ2) is 6.90. The third-order valence-electron chi connectivity index (χ3n) is 4.89. The van der Waals surface area contributed by atoms with Gasteiger partial charge in [0.15, 0.2) is 18.1 Å². The highest BCUT2D eigenvalue weighted by Gasteiger charge is 2.42. The lowest BCUT2D eigenvalue weighted by atomic mass is 9.94. The van der Waals surface area contributed by atoms with E-state index in [0.717, 1.165) is 37.0 Å². The van der Waals surface area contributed by atoms with Crippen LogP contribution in [0.2, 0.25) is 0 Å². The zero-order chi connectivity index (χ0) is 18.0. The van der Waals surface area contributed by atoms with Gasteiger partial charge in [0, 0.05) is 24.6 Å². The molecule has 0 radical (unpaired) electrons. The van der Waals surface area contributed by atoms with Crippen LogP contribution in [0.3, 0.4) is 0 Å². The van der Waals surface area contributed by atoms with E-state index < -0.39 is 5.79 Å². The second-order valence-corrected chi connectivity index (χ2v) is 6.94. The van der Waals surface area contributed by atoms with Crippen molar-refractivity contribution in [2.45, 2.75) is 44.8 Å². The summed E-state index contributed by atoms with van der Waals surface area (Å²) < 4.78 is 17.7. The Morgan fingerprint density at radius 1 is 1.08 bits per heavy atom. The summed E-state index contributed by atoms with van der Waals surface area (Å²) in [6.07, 6.45) is 5.29. The lowest BCUT2D eigenvalue weighted by molar-refractivity contribution is -0.118. The van der Waals surface area contributed by atoms with E-state index in [0.29, 0.717) is 17.2 Å². The summed E-state index contributed by atoms with van der Waals surface area (Å²) in [6, 6.07) is 13.1. The van der Waals surface area contributed by atoms with Gasteiger partial charge in [-0.05, 0) is 43.5 Å². The fourth-order valence-electron chi connectivity index (χ4n) is 3.52. The van der Waals surface area contributed by atoms with Crippen LogP contribution in [0.5, 0.6) is 17.2 Å². The molecule has 26 heavy (non-hydrogen) atoms. The third kappa shape index (κ3) is 3.47. The number of nitrogens with one attached hydrogen (secondary N) is 1. The SMILES string of the molecule is Cc1ccccc1OCC(=O)Nc1ccc2c(c1)OC1(CCCCC1)O2. The minimum Gasteiger partial charge on any atom is -0.483 e. The molecule has 0 atom stereocenters. The van der Waals surface area contributed by atoms with E-state index in [-0.39, 0.29) is 12.5 Å². The Labute approximate surface area is 153 Å². The van der Waals surface area contributed by atoms with Crippen LogP contribution in [0.1, 0.15) is 37.7 Å². The number of fused-ring (bicyclic) bond motifs is 1. The molecule has 1 aliphatic heterocycles. The number of para-hydroxylation sites is 1. The summed E-state index contributed by atoms with van der Waals surface area (Å²) >= 11 is 0. The van der Waals surface area contributed by atoms with Crippen LogP contribution in [0.25, 0.3) is 0 Å². The van der Waals surface area contributed by atoms with Crippen molar-refractivity contribution < 1.29 is 19.0 Å². The van der Waals surface area contributed by atoms with E-state index in [1.54, 1.807) is 0 Å². The number of anilines is 1. The molecule has 1 amide bonds. The van der Waals surface area contributed by atoms with Gasteiger partial charge in [-0.1, -0.05) is 24.6 Å². The van der Waals surface area contributed by atoms with E-state index >= 15 is 0 Å². The molecule has 1 spiro atoms. The molecule has 0 aromatic heterocycles. The Kier molecular flexibility index (Phi) is 4.45. The topological polar surface area (TPSA) is 56.8 Å². The number of benzene rings is 2. The standard InChI is InChI=1S/C21H23NO4/c1-15-7-3-4-8-17(15)24-14-20(23)22-16-9-10-18-19(13-16)26-21(25-18)11-5-2-6-12-21/h3-4,7-10,13H,2,5-6,11-12,14H2,1H3,(H,22,23). The molecule has 2 aliphatic rings.